The van der Waals surface area contributed by atoms with E-state index in [1.807, 2.05) is 6.07 Å². The van der Waals surface area contributed by atoms with Gasteiger partial charge in [0.2, 0.25) is 0 Å². The molecule has 0 atom stereocenters. The van der Waals surface area contributed by atoms with Crippen LogP contribution in [0.1, 0.15) is 39.2 Å². The highest BCUT2D eigenvalue weighted by molar-refractivity contribution is 5.28. The molecule has 1 aliphatic rings. The normalized spacial score (nSPS) is 17.3. The Labute approximate surface area is 129 Å². The summed E-state index contributed by atoms with van der Waals surface area (Å²) in [7, 11) is 0. The lowest BCUT2D eigenvalue weighted by Crippen LogP contribution is -2.37. The average Bonchev–Trinajstić information content (AvgIpc) is 2.45. The third-order valence-corrected chi connectivity index (χ3v) is 4.08. The molecule has 0 spiro atoms. The van der Waals surface area contributed by atoms with E-state index >= 15 is 0 Å². The molecule has 3 nitrogen and oxygen atoms in total. The Hall–Kier alpha value is -1.06. The fourth-order valence-corrected chi connectivity index (χ4v) is 2.76. The zero-order chi connectivity index (χ0) is 15.1. The maximum absolute atomic E-state index is 5.73. The van der Waals surface area contributed by atoms with Gasteiger partial charge in [0.25, 0.3) is 0 Å². The van der Waals surface area contributed by atoms with Crippen molar-refractivity contribution in [1.82, 2.24) is 10.2 Å². The van der Waals surface area contributed by atoms with Crippen LogP contribution in [-0.4, -0.2) is 37.2 Å². The standard InChI is InChI=1S/C18H30N2O/c1-15(2)21-18-6-4-5-17(13-18)14-19-9-12-20-10-7-16(3)8-11-20/h4-6,13,15-16,19H,7-12,14H2,1-3H3. The summed E-state index contributed by atoms with van der Waals surface area (Å²) in [6.45, 7) is 12.1. The van der Waals surface area contributed by atoms with Crippen molar-refractivity contribution < 1.29 is 4.74 Å². The van der Waals surface area contributed by atoms with E-state index in [0.29, 0.717) is 0 Å². The van der Waals surface area contributed by atoms with Crippen LogP contribution in [-0.2, 0) is 6.54 Å². The minimum absolute atomic E-state index is 0.231. The highest BCUT2D eigenvalue weighted by atomic mass is 16.5. The van der Waals surface area contributed by atoms with Crippen LogP contribution in [0.3, 0.4) is 0 Å². The first-order valence-electron chi connectivity index (χ1n) is 8.32. The van der Waals surface area contributed by atoms with E-state index in [-0.39, 0.29) is 6.10 Å². The zero-order valence-corrected chi connectivity index (χ0v) is 13.8. The second-order valence-electron chi connectivity index (χ2n) is 6.51. The molecule has 2 rings (SSSR count). The molecule has 1 heterocycles. The van der Waals surface area contributed by atoms with Gasteiger partial charge < -0.3 is 15.0 Å². The number of hydrogen-bond donors (Lipinski definition) is 1. The molecule has 1 aromatic rings. The van der Waals surface area contributed by atoms with Crippen LogP contribution >= 0.6 is 0 Å². The van der Waals surface area contributed by atoms with E-state index in [2.05, 4.69) is 49.2 Å². The van der Waals surface area contributed by atoms with Crippen molar-refractivity contribution in [2.45, 2.75) is 46.3 Å². The summed E-state index contributed by atoms with van der Waals surface area (Å²) >= 11 is 0. The topological polar surface area (TPSA) is 24.5 Å². The Balaban J connectivity index is 1.66. The lowest BCUT2D eigenvalue weighted by molar-refractivity contribution is 0.193. The highest BCUT2D eigenvalue weighted by Gasteiger charge is 2.14. The predicted molar refractivity (Wildman–Crippen MR) is 88.8 cm³/mol. The summed E-state index contributed by atoms with van der Waals surface area (Å²) in [6, 6.07) is 8.39. The fraction of sp³-hybridized carbons (Fsp3) is 0.667. The second-order valence-corrected chi connectivity index (χ2v) is 6.51. The number of nitrogens with zero attached hydrogens (tertiary/aromatic N) is 1. The Morgan fingerprint density at radius 3 is 2.76 bits per heavy atom. The first-order chi connectivity index (χ1) is 10.1. The molecular formula is C18H30N2O. The van der Waals surface area contributed by atoms with E-state index in [1.54, 1.807) is 0 Å². The molecule has 0 aromatic heterocycles. The van der Waals surface area contributed by atoms with Gasteiger partial charge in [-0.15, -0.1) is 0 Å². The van der Waals surface area contributed by atoms with Crippen molar-refractivity contribution in [2.24, 2.45) is 5.92 Å². The first kappa shape index (κ1) is 16.3. The van der Waals surface area contributed by atoms with E-state index in [9.17, 15) is 0 Å². The van der Waals surface area contributed by atoms with Crippen molar-refractivity contribution in [1.29, 1.82) is 0 Å². The average molecular weight is 290 g/mol. The van der Waals surface area contributed by atoms with Gasteiger partial charge >= 0.3 is 0 Å². The number of ether oxygens (including phenoxy) is 1. The quantitative estimate of drug-likeness (QED) is 0.780. The number of piperidine rings is 1. The Morgan fingerprint density at radius 1 is 1.29 bits per heavy atom. The van der Waals surface area contributed by atoms with Gasteiger partial charge in [0.05, 0.1) is 6.10 Å². The largest absolute Gasteiger partial charge is 0.491 e. The summed E-state index contributed by atoms with van der Waals surface area (Å²) in [5, 5.41) is 3.54. The van der Waals surface area contributed by atoms with Gasteiger partial charge in [-0.25, -0.2) is 0 Å². The lowest BCUT2D eigenvalue weighted by atomic mass is 9.99. The number of rotatable bonds is 7. The van der Waals surface area contributed by atoms with Crippen LogP contribution in [0.4, 0.5) is 0 Å². The molecule has 0 unspecified atom stereocenters. The minimum atomic E-state index is 0.231. The summed E-state index contributed by atoms with van der Waals surface area (Å²) in [5.41, 5.74) is 1.29. The van der Waals surface area contributed by atoms with Crippen molar-refractivity contribution >= 4 is 0 Å². The van der Waals surface area contributed by atoms with Gasteiger partial charge in [0.1, 0.15) is 5.75 Å². The molecule has 1 aliphatic heterocycles. The Bertz CT molecular complexity index is 411. The second kappa shape index (κ2) is 8.40. The Morgan fingerprint density at radius 2 is 2.05 bits per heavy atom. The molecule has 1 fully saturated rings. The van der Waals surface area contributed by atoms with Crippen LogP contribution < -0.4 is 10.1 Å². The third-order valence-electron chi connectivity index (χ3n) is 4.08. The number of benzene rings is 1. The molecular weight excluding hydrogens is 260 g/mol. The number of hydrogen-bond acceptors (Lipinski definition) is 3. The van der Waals surface area contributed by atoms with Crippen LogP contribution in [0.5, 0.6) is 5.75 Å². The first-order valence-corrected chi connectivity index (χ1v) is 8.32. The maximum atomic E-state index is 5.73. The summed E-state index contributed by atoms with van der Waals surface area (Å²) < 4.78 is 5.73. The smallest absolute Gasteiger partial charge is 0.120 e. The van der Waals surface area contributed by atoms with Gasteiger partial charge in [0.15, 0.2) is 0 Å². The number of likely N-dealkylation sites (tertiary alicyclic amines) is 1. The molecule has 1 aromatic carbocycles. The van der Waals surface area contributed by atoms with Crippen molar-refractivity contribution in [2.75, 3.05) is 26.2 Å². The lowest BCUT2D eigenvalue weighted by Gasteiger charge is -2.30. The molecule has 3 heteroatoms. The fourth-order valence-electron chi connectivity index (χ4n) is 2.76. The Kier molecular flexibility index (Phi) is 6.52. The molecule has 118 valence electrons. The van der Waals surface area contributed by atoms with E-state index < -0.39 is 0 Å². The van der Waals surface area contributed by atoms with E-state index in [1.165, 1.54) is 31.5 Å². The number of nitrogens with one attached hydrogen (secondary N) is 1. The van der Waals surface area contributed by atoms with E-state index in [0.717, 1.165) is 31.3 Å². The van der Waals surface area contributed by atoms with Crippen molar-refractivity contribution in [3.05, 3.63) is 29.8 Å². The van der Waals surface area contributed by atoms with Gasteiger partial charge in [-0.05, 0) is 63.4 Å². The highest BCUT2D eigenvalue weighted by Crippen LogP contribution is 2.16. The summed E-state index contributed by atoms with van der Waals surface area (Å²) in [5.74, 6) is 1.88. The summed E-state index contributed by atoms with van der Waals surface area (Å²) in [4.78, 5) is 2.57. The van der Waals surface area contributed by atoms with Crippen LogP contribution in [0.15, 0.2) is 24.3 Å². The zero-order valence-electron chi connectivity index (χ0n) is 13.8. The van der Waals surface area contributed by atoms with Gasteiger partial charge in [-0.1, -0.05) is 19.1 Å². The minimum Gasteiger partial charge on any atom is -0.491 e. The molecule has 0 saturated carbocycles. The molecule has 0 amide bonds. The summed E-state index contributed by atoms with van der Waals surface area (Å²) in [6.07, 6.45) is 2.94. The molecule has 0 aliphatic carbocycles. The monoisotopic (exact) mass is 290 g/mol. The van der Waals surface area contributed by atoms with E-state index in [4.69, 9.17) is 4.74 Å². The third kappa shape index (κ3) is 6.06. The SMILES string of the molecule is CC1CCN(CCNCc2cccc(OC(C)C)c2)CC1. The van der Waals surface area contributed by atoms with Crippen molar-refractivity contribution in [3.8, 4) is 5.75 Å². The molecule has 0 bridgehead atoms. The van der Waals surface area contributed by atoms with Gasteiger partial charge in [0, 0.05) is 19.6 Å². The van der Waals surface area contributed by atoms with Crippen LogP contribution in [0.2, 0.25) is 0 Å². The predicted octanol–water partition coefficient (Wildman–Crippen LogP) is 3.30. The molecule has 1 saturated heterocycles. The molecule has 1 N–H and O–H groups in total. The van der Waals surface area contributed by atoms with Crippen LogP contribution in [0.25, 0.3) is 0 Å². The maximum Gasteiger partial charge on any atom is 0.120 e. The van der Waals surface area contributed by atoms with Gasteiger partial charge in [-0.3, -0.25) is 0 Å². The molecule has 21 heavy (non-hydrogen) atoms. The van der Waals surface area contributed by atoms with Crippen molar-refractivity contribution in [3.63, 3.8) is 0 Å². The van der Waals surface area contributed by atoms with Crippen LogP contribution in [0, 0.1) is 5.92 Å². The van der Waals surface area contributed by atoms with Gasteiger partial charge in [-0.2, -0.15) is 0 Å². The molecule has 0 radical (unpaired) electrons.